The van der Waals surface area contributed by atoms with E-state index in [1.54, 1.807) is 12.4 Å². The van der Waals surface area contributed by atoms with Gasteiger partial charge in [-0.25, -0.2) is 0 Å². The molecule has 0 spiro atoms. The van der Waals surface area contributed by atoms with Crippen LogP contribution in [0.2, 0.25) is 0 Å². The summed E-state index contributed by atoms with van der Waals surface area (Å²) in [7, 11) is 0. The van der Waals surface area contributed by atoms with E-state index in [0.29, 0.717) is 38.8 Å². The van der Waals surface area contributed by atoms with Crippen LogP contribution in [0.5, 0.6) is 0 Å². The van der Waals surface area contributed by atoms with Gasteiger partial charge in [0.05, 0.1) is 5.60 Å². The lowest BCUT2D eigenvalue weighted by Gasteiger charge is -2.38. The number of aromatic nitrogens is 1. The highest BCUT2D eigenvalue weighted by molar-refractivity contribution is 9.10. The van der Waals surface area contributed by atoms with Crippen LogP contribution in [0.1, 0.15) is 30.4 Å². The third-order valence-electron chi connectivity index (χ3n) is 4.90. The molecule has 0 saturated carbocycles. The Morgan fingerprint density at radius 1 is 1.16 bits per heavy atom. The second-order valence-electron chi connectivity index (χ2n) is 6.73. The number of likely N-dealkylation sites (tertiary alicyclic amines) is 1. The van der Waals surface area contributed by atoms with Crippen molar-refractivity contribution in [2.45, 2.75) is 37.7 Å². The Morgan fingerprint density at radius 2 is 1.84 bits per heavy atom. The van der Waals surface area contributed by atoms with Crippen molar-refractivity contribution in [1.82, 2.24) is 9.88 Å². The molecule has 0 bridgehead atoms. The van der Waals surface area contributed by atoms with Gasteiger partial charge in [-0.05, 0) is 48.6 Å². The monoisotopic (exact) mass is 402 g/mol. The molecule has 4 nitrogen and oxygen atoms in total. The molecular weight excluding hydrogens is 380 g/mol. The van der Waals surface area contributed by atoms with Crippen molar-refractivity contribution in [2.75, 3.05) is 13.1 Å². The highest BCUT2D eigenvalue weighted by atomic mass is 79.9. The summed E-state index contributed by atoms with van der Waals surface area (Å²) >= 11 is 3.53. The van der Waals surface area contributed by atoms with Gasteiger partial charge in [-0.15, -0.1) is 0 Å². The van der Waals surface area contributed by atoms with Crippen LogP contribution in [0.25, 0.3) is 0 Å². The van der Waals surface area contributed by atoms with Crippen LogP contribution in [-0.4, -0.2) is 39.6 Å². The van der Waals surface area contributed by atoms with Crippen LogP contribution in [0, 0.1) is 0 Å². The Hall–Kier alpha value is -1.72. The minimum absolute atomic E-state index is 0.168. The largest absolute Gasteiger partial charge is 0.389 e. The first kappa shape index (κ1) is 18.1. The molecule has 25 heavy (non-hydrogen) atoms. The van der Waals surface area contributed by atoms with E-state index in [1.165, 1.54) is 0 Å². The van der Waals surface area contributed by atoms with Crippen molar-refractivity contribution in [1.29, 1.82) is 0 Å². The molecule has 1 aliphatic heterocycles. The van der Waals surface area contributed by atoms with Crippen molar-refractivity contribution in [3.05, 3.63) is 64.4 Å². The summed E-state index contributed by atoms with van der Waals surface area (Å²) in [4.78, 5) is 18.4. The van der Waals surface area contributed by atoms with Crippen LogP contribution in [0.15, 0.2) is 53.3 Å². The van der Waals surface area contributed by atoms with Crippen LogP contribution in [-0.2, 0) is 17.6 Å². The van der Waals surface area contributed by atoms with E-state index in [-0.39, 0.29) is 5.91 Å². The molecule has 2 aromatic rings. The molecule has 1 amide bonds. The standard InChI is InChI=1S/C20H23BrN2O2/c21-18-4-2-1-3-17(18)5-6-19(24)23-13-9-20(25,10-14-23)15-16-7-11-22-12-8-16/h1-4,7-8,11-12,25H,5-6,9-10,13-15H2. The minimum atomic E-state index is -0.722. The van der Waals surface area contributed by atoms with Gasteiger partial charge in [0, 0.05) is 42.8 Å². The zero-order chi connectivity index (χ0) is 17.7. The maximum atomic E-state index is 12.5. The first-order valence-electron chi connectivity index (χ1n) is 8.68. The van der Waals surface area contributed by atoms with Gasteiger partial charge in [-0.2, -0.15) is 0 Å². The lowest BCUT2D eigenvalue weighted by atomic mass is 9.85. The summed E-state index contributed by atoms with van der Waals surface area (Å²) in [5.41, 5.74) is 1.52. The first-order valence-corrected chi connectivity index (χ1v) is 9.47. The number of hydrogen-bond acceptors (Lipinski definition) is 3. The topological polar surface area (TPSA) is 53.4 Å². The fraction of sp³-hybridized carbons (Fsp3) is 0.400. The molecule has 1 aromatic carbocycles. The normalized spacial score (nSPS) is 16.6. The van der Waals surface area contributed by atoms with E-state index in [4.69, 9.17) is 0 Å². The Balaban J connectivity index is 1.50. The molecule has 2 heterocycles. The first-order chi connectivity index (χ1) is 12.1. The number of aliphatic hydroxyl groups is 1. The number of amides is 1. The number of halogens is 1. The van der Waals surface area contributed by atoms with Gasteiger partial charge < -0.3 is 10.0 Å². The molecule has 0 atom stereocenters. The Kier molecular flexibility index (Phi) is 5.86. The summed E-state index contributed by atoms with van der Waals surface area (Å²) < 4.78 is 1.05. The summed E-state index contributed by atoms with van der Waals surface area (Å²) in [6.45, 7) is 1.24. The molecule has 1 aromatic heterocycles. The molecule has 3 rings (SSSR count). The maximum absolute atomic E-state index is 12.5. The fourth-order valence-electron chi connectivity index (χ4n) is 3.33. The van der Waals surface area contributed by atoms with E-state index < -0.39 is 5.60 Å². The molecule has 0 aliphatic carbocycles. The van der Waals surface area contributed by atoms with Gasteiger partial charge in [0.1, 0.15) is 0 Å². The summed E-state index contributed by atoms with van der Waals surface area (Å²) in [5.74, 6) is 0.168. The number of hydrogen-bond donors (Lipinski definition) is 1. The lowest BCUT2D eigenvalue weighted by Crippen LogP contribution is -2.47. The summed E-state index contributed by atoms with van der Waals surface area (Å²) in [5, 5.41) is 10.8. The summed E-state index contributed by atoms with van der Waals surface area (Å²) in [6.07, 6.45) is 6.60. The average molecular weight is 403 g/mol. The highest BCUT2D eigenvalue weighted by Crippen LogP contribution is 2.27. The number of nitrogens with zero attached hydrogens (tertiary/aromatic N) is 2. The second-order valence-corrected chi connectivity index (χ2v) is 7.58. The predicted octanol–water partition coefficient (Wildman–Crippen LogP) is 3.37. The number of carbonyl (C=O) groups is 1. The quantitative estimate of drug-likeness (QED) is 0.833. The number of piperidine rings is 1. The van der Waals surface area contributed by atoms with E-state index in [1.807, 2.05) is 41.3 Å². The van der Waals surface area contributed by atoms with Gasteiger partial charge in [0.15, 0.2) is 0 Å². The van der Waals surface area contributed by atoms with Crippen LogP contribution >= 0.6 is 15.9 Å². The third kappa shape index (κ3) is 4.89. The Bertz CT molecular complexity index is 713. The predicted molar refractivity (Wildman–Crippen MR) is 101 cm³/mol. The molecule has 5 heteroatoms. The molecule has 1 fully saturated rings. The van der Waals surface area contributed by atoms with Crippen molar-refractivity contribution in [3.8, 4) is 0 Å². The molecule has 1 saturated heterocycles. The van der Waals surface area contributed by atoms with Crippen molar-refractivity contribution < 1.29 is 9.90 Å². The van der Waals surface area contributed by atoms with Crippen LogP contribution in [0.4, 0.5) is 0 Å². The van der Waals surface area contributed by atoms with Crippen LogP contribution in [0.3, 0.4) is 0 Å². The van der Waals surface area contributed by atoms with Crippen molar-refractivity contribution in [2.24, 2.45) is 0 Å². The van der Waals surface area contributed by atoms with Gasteiger partial charge in [-0.3, -0.25) is 9.78 Å². The van der Waals surface area contributed by atoms with Crippen molar-refractivity contribution >= 4 is 21.8 Å². The number of pyridine rings is 1. The zero-order valence-electron chi connectivity index (χ0n) is 14.2. The van der Waals surface area contributed by atoms with Gasteiger partial charge in [-0.1, -0.05) is 34.1 Å². The summed E-state index contributed by atoms with van der Waals surface area (Å²) in [6, 6.07) is 11.9. The molecular formula is C20H23BrN2O2. The van der Waals surface area contributed by atoms with Crippen molar-refractivity contribution in [3.63, 3.8) is 0 Å². The zero-order valence-corrected chi connectivity index (χ0v) is 15.8. The second kappa shape index (κ2) is 8.11. The van der Waals surface area contributed by atoms with E-state index in [0.717, 1.165) is 22.0 Å². The maximum Gasteiger partial charge on any atom is 0.222 e. The van der Waals surface area contributed by atoms with E-state index in [2.05, 4.69) is 20.9 Å². The molecule has 1 N–H and O–H groups in total. The lowest BCUT2D eigenvalue weighted by molar-refractivity contribution is -0.135. The van der Waals surface area contributed by atoms with E-state index >= 15 is 0 Å². The SMILES string of the molecule is O=C(CCc1ccccc1Br)N1CCC(O)(Cc2ccncc2)CC1. The third-order valence-corrected chi connectivity index (χ3v) is 5.67. The molecule has 132 valence electrons. The number of rotatable bonds is 5. The van der Waals surface area contributed by atoms with Crippen LogP contribution < -0.4 is 0 Å². The highest BCUT2D eigenvalue weighted by Gasteiger charge is 2.33. The average Bonchev–Trinajstić information content (AvgIpc) is 2.62. The van der Waals surface area contributed by atoms with Gasteiger partial charge in [0.2, 0.25) is 5.91 Å². The smallest absolute Gasteiger partial charge is 0.222 e. The van der Waals surface area contributed by atoms with Gasteiger partial charge >= 0.3 is 0 Å². The number of benzene rings is 1. The van der Waals surface area contributed by atoms with Gasteiger partial charge in [0.25, 0.3) is 0 Å². The number of aryl methyl sites for hydroxylation is 1. The number of carbonyl (C=O) groups excluding carboxylic acids is 1. The molecule has 1 aliphatic rings. The molecule has 0 unspecified atom stereocenters. The minimum Gasteiger partial charge on any atom is -0.389 e. The fourth-order valence-corrected chi connectivity index (χ4v) is 3.81. The molecule has 0 radical (unpaired) electrons. The van der Waals surface area contributed by atoms with E-state index in [9.17, 15) is 9.90 Å². The Labute approximate surface area is 157 Å². The Morgan fingerprint density at radius 3 is 2.52 bits per heavy atom.